The van der Waals surface area contributed by atoms with Crippen LogP contribution in [0.4, 0.5) is 4.39 Å². The van der Waals surface area contributed by atoms with Gasteiger partial charge < -0.3 is 4.74 Å². The summed E-state index contributed by atoms with van der Waals surface area (Å²) in [5.41, 5.74) is 0. The van der Waals surface area contributed by atoms with Crippen LogP contribution < -0.4 is 0 Å². The van der Waals surface area contributed by atoms with Crippen LogP contribution in [0.15, 0.2) is 10.2 Å². The molecule has 34 valence electrons. The van der Waals surface area contributed by atoms with Crippen molar-refractivity contribution < 1.29 is 9.13 Å². The highest BCUT2D eigenvalue weighted by atomic mass is 19.2. The maximum absolute atomic E-state index is 11.7. The van der Waals surface area contributed by atoms with Crippen LogP contribution in [0.1, 0.15) is 0 Å². The molecule has 6 heavy (non-hydrogen) atoms. The fourth-order valence-corrected chi connectivity index (χ4v) is 0.121. The van der Waals surface area contributed by atoms with Crippen LogP contribution in [-0.4, -0.2) is 13.2 Å². The summed E-state index contributed by atoms with van der Waals surface area (Å²) in [6, 6.07) is 0. The Balaban J connectivity index is 2.32. The molecular formula is C2H3FN2O. The van der Waals surface area contributed by atoms with Crippen molar-refractivity contribution in [2.75, 3.05) is 7.11 Å². The summed E-state index contributed by atoms with van der Waals surface area (Å²) in [5, 5.41) is 5.78. The molecule has 0 unspecified atom stereocenters. The minimum absolute atomic E-state index is 1.21. The van der Waals surface area contributed by atoms with Crippen molar-refractivity contribution in [1.29, 1.82) is 0 Å². The minimum atomic E-state index is -1.96. The topological polar surface area (TPSA) is 34.0 Å². The molecule has 0 aromatic rings. The van der Waals surface area contributed by atoms with Gasteiger partial charge in [-0.05, 0) is 0 Å². The van der Waals surface area contributed by atoms with Crippen LogP contribution in [0, 0.1) is 0 Å². The lowest BCUT2D eigenvalue weighted by atomic mass is 11.1. The van der Waals surface area contributed by atoms with Gasteiger partial charge in [-0.3, -0.25) is 0 Å². The highest BCUT2D eigenvalue weighted by Crippen LogP contribution is 2.28. The summed E-state index contributed by atoms with van der Waals surface area (Å²) < 4.78 is 15.7. The van der Waals surface area contributed by atoms with Gasteiger partial charge in [0.05, 0.1) is 0 Å². The molecule has 0 saturated carbocycles. The van der Waals surface area contributed by atoms with Crippen molar-refractivity contribution in [3.8, 4) is 0 Å². The monoisotopic (exact) mass is 90.0 g/mol. The first-order chi connectivity index (χ1) is 2.77. The van der Waals surface area contributed by atoms with E-state index < -0.39 is 6.10 Å². The summed E-state index contributed by atoms with van der Waals surface area (Å²) in [6.45, 7) is 0. The number of halogens is 1. The van der Waals surface area contributed by atoms with Crippen molar-refractivity contribution in [3.63, 3.8) is 0 Å². The molecule has 0 amide bonds. The van der Waals surface area contributed by atoms with Crippen LogP contribution in [0.25, 0.3) is 0 Å². The fourth-order valence-electron chi connectivity index (χ4n) is 0.121. The van der Waals surface area contributed by atoms with Gasteiger partial charge in [0.2, 0.25) is 0 Å². The third-order valence-electron chi connectivity index (χ3n) is 0.517. The predicted octanol–water partition coefficient (Wildman–Crippen LogP) is 0.679. The quantitative estimate of drug-likeness (QED) is 0.436. The number of hydrogen-bond acceptors (Lipinski definition) is 3. The molecule has 0 aromatic carbocycles. The van der Waals surface area contributed by atoms with Crippen molar-refractivity contribution in [2.24, 2.45) is 10.2 Å². The standard InChI is InChI=1S/C2H3FN2O/c1-6-2(3)4-5-2/h1H3. The maximum Gasteiger partial charge on any atom is 0.449 e. The zero-order chi connectivity index (χ0) is 4.62. The summed E-state index contributed by atoms with van der Waals surface area (Å²) in [4.78, 5) is 0. The SMILES string of the molecule is COC1(F)N=N1. The summed E-state index contributed by atoms with van der Waals surface area (Å²) in [7, 11) is 1.21. The van der Waals surface area contributed by atoms with Crippen LogP contribution >= 0.6 is 0 Å². The van der Waals surface area contributed by atoms with E-state index in [1.807, 2.05) is 0 Å². The Bertz CT molecular complexity index is 85.5. The first kappa shape index (κ1) is 3.67. The van der Waals surface area contributed by atoms with Gasteiger partial charge in [0.25, 0.3) is 0 Å². The molecule has 0 N–H and O–H groups in total. The smallest absolute Gasteiger partial charge is 0.310 e. The van der Waals surface area contributed by atoms with E-state index in [0.29, 0.717) is 0 Å². The normalized spacial score (nSPS) is 24.3. The fraction of sp³-hybridized carbons (Fsp3) is 1.00. The highest BCUT2D eigenvalue weighted by Gasteiger charge is 2.40. The van der Waals surface area contributed by atoms with E-state index in [9.17, 15) is 4.39 Å². The summed E-state index contributed by atoms with van der Waals surface area (Å²) in [5.74, 6) is 0. The van der Waals surface area contributed by atoms with Crippen LogP contribution in [0.5, 0.6) is 0 Å². The van der Waals surface area contributed by atoms with Gasteiger partial charge in [-0.2, -0.15) is 4.39 Å². The third-order valence-corrected chi connectivity index (χ3v) is 0.517. The molecule has 1 heterocycles. The third kappa shape index (κ3) is 0.386. The van der Waals surface area contributed by atoms with Gasteiger partial charge in [-0.1, -0.05) is 10.2 Å². The molecule has 1 aliphatic heterocycles. The molecule has 0 aromatic heterocycles. The molecule has 0 aliphatic carbocycles. The number of methoxy groups -OCH3 is 1. The number of alkyl halides is 1. The van der Waals surface area contributed by atoms with Crippen molar-refractivity contribution in [1.82, 2.24) is 0 Å². The van der Waals surface area contributed by atoms with E-state index in [4.69, 9.17) is 0 Å². The average molecular weight is 90.1 g/mol. The summed E-state index contributed by atoms with van der Waals surface area (Å²) >= 11 is 0. The zero-order valence-electron chi connectivity index (χ0n) is 3.18. The Morgan fingerprint density at radius 3 is 2.17 bits per heavy atom. The van der Waals surface area contributed by atoms with Crippen LogP contribution in [0.2, 0.25) is 0 Å². The van der Waals surface area contributed by atoms with E-state index in [2.05, 4.69) is 15.0 Å². The van der Waals surface area contributed by atoms with Crippen LogP contribution in [-0.2, 0) is 4.74 Å². The molecule has 1 rings (SSSR count). The van der Waals surface area contributed by atoms with E-state index in [-0.39, 0.29) is 0 Å². The van der Waals surface area contributed by atoms with Crippen molar-refractivity contribution in [3.05, 3.63) is 0 Å². The minimum Gasteiger partial charge on any atom is -0.310 e. The molecular weight excluding hydrogens is 87.0 g/mol. The highest BCUT2D eigenvalue weighted by molar-refractivity contribution is 4.66. The Morgan fingerprint density at radius 1 is 1.67 bits per heavy atom. The Morgan fingerprint density at radius 2 is 2.17 bits per heavy atom. The second-order valence-corrected chi connectivity index (χ2v) is 0.933. The first-order valence-electron chi connectivity index (χ1n) is 1.45. The van der Waals surface area contributed by atoms with E-state index >= 15 is 0 Å². The molecule has 0 fully saturated rings. The average Bonchev–Trinajstić information content (AvgIpc) is 2.22. The molecule has 4 heteroatoms. The second kappa shape index (κ2) is 0.759. The lowest BCUT2D eigenvalue weighted by molar-refractivity contribution is -0.0476. The molecule has 0 atom stereocenters. The van der Waals surface area contributed by atoms with Gasteiger partial charge >= 0.3 is 6.10 Å². The first-order valence-corrected chi connectivity index (χ1v) is 1.45. The lowest BCUT2D eigenvalue weighted by Crippen LogP contribution is -2.02. The lowest BCUT2D eigenvalue weighted by Gasteiger charge is -1.88. The van der Waals surface area contributed by atoms with Gasteiger partial charge in [0, 0.05) is 7.11 Å². The number of rotatable bonds is 1. The van der Waals surface area contributed by atoms with E-state index in [1.54, 1.807) is 0 Å². The number of hydrogen-bond donors (Lipinski definition) is 0. The Labute approximate surface area is 33.8 Å². The molecule has 1 aliphatic rings. The second-order valence-electron chi connectivity index (χ2n) is 0.933. The van der Waals surface area contributed by atoms with Gasteiger partial charge in [-0.25, -0.2) is 0 Å². The number of ether oxygens (including phenoxy) is 1. The van der Waals surface area contributed by atoms with Gasteiger partial charge in [0.15, 0.2) is 0 Å². The molecule has 3 nitrogen and oxygen atoms in total. The molecule has 0 radical (unpaired) electrons. The van der Waals surface area contributed by atoms with Crippen molar-refractivity contribution in [2.45, 2.75) is 6.10 Å². The molecule has 0 saturated heterocycles. The molecule has 0 bridgehead atoms. The van der Waals surface area contributed by atoms with Gasteiger partial charge in [0.1, 0.15) is 0 Å². The largest absolute Gasteiger partial charge is 0.449 e. The van der Waals surface area contributed by atoms with E-state index in [0.717, 1.165) is 0 Å². The van der Waals surface area contributed by atoms with E-state index in [1.165, 1.54) is 7.11 Å². The van der Waals surface area contributed by atoms with Crippen molar-refractivity contribution >= 4 is 0 Å². The zero-order valence-corrected chi connectivity index (χ0v) is 3.18. The Hall–Kier alpha value is -0.510. The summed E-state index contributed by atoms with van der Waals surface area (Å²) in [6.07, 6.45) is -1.96. The van der Waals surface area contributed by atoms with Gasteiger partial charge in [-0.15, -0.1) is 0 Å². The predicted molar refractivity (Wildman–Crippen MR) is 15.7 cm³/mol. The Kier molecular flexibility index (Phi) is 0.464. The van der Waals surface area contributed by atoms with Crippen LogP contribution in [0.3, 0.4) is 0 Å². The molecule has 0 spiro atoms. The number of nitrogens with zero attached hydrogens (tertiary/aromatic N) is 2. The maximum atomic E-state index is 11.7.